The molecular weight excluding hydrogens is 426 g/mol. The van der Waals surface area contributed by atoms with Crippen LogP contribution in [0.15, 0.2) is 71.1 Å². The Morgan fingerprint density at radius 2 is 2.00 bits per heavy atom. The van der Waals surface area contributed by atoms with Gasteiger partial charge in [-0.15, -0.1) is 0 Å². The topological polar surface area (TPSA) is 93.3 Å². The number of nitrogens with one attached hydrogen (secondary N) is 2. The molecule has 0 fully saturated rings. The molecule has 32 heavy (non-hydrogen) atoms. The lowest BCUT2D eigenvalue weighted by Gasteiger charge is -2.26. The molecule has 1 atom stereocenters. The highest BCUT2D eigenvalue weighted by Crippen LogP contribution is 2.42. The number of thioether (sulfide) groups is 1. The van der Waals surface area contributed by atoms with Gasteiger partial charge in [-0.05, 0) is 11.6 Å². The van der Waals surface area contributed by atoms with Gasteiger partial charge >= 0.3 is 0 Å². The van der Waals surface area contributed by atoms with Gasteiger partial charge in [0.25, 0.3) is 5.56 Å². The summed E-state index contributed by atoms with van der Waals surface area (Å²) >= 11 is 1.41. The number of aromatic amines is 1. The minimum absolute atomic E-state index is 0.103. The van der Waals surface area contributed by atoms with Gasteiger partial charge in [-0.1, -0.05) is 66.9 Å². The number of methoxy groups -OCH3 is 1. The van der Waals surface area contributed by atoms with Crippen LogP contribution in [0.4, 0.5) is 5.82 Å². The number of hydrogen-bond acceptors (Lipinski definition) is 6. The van der Waals surface area contributed by atoms with Crippen LogP contribution in [0, 0.1) is 0 Å². The minimum Gasteiger partial charge on any atom is -0.493 e. The summed E-state index contributed by atoms with van der Waals surface area (Å²) in [6.07, 6.45) is 1.73. The lowest BCUT2D eigenvalue weighted by Crippen LogP contribution is -2.31. The van der Waals surface area contributed by atoms with E-state index < -0.39 is 5.92 Å². The fourth-order valence-corrected chi connectivity index (χ4v) is 4.49. The lowest BCUT2D eigenvalue weighted by atomic mass is 9.86. The molecule has 3 aromatic rings. The molecule has 0 spiro atoms. The molecular formula is C24H23N3O4S. The van der Waals surface area contributed by atoms with E-state index in [-0.39, 0.29) is 30.3 Å². The van der Waals surface area contributed by atoms with Gasteiger partial charge in [0.05, 0.1) is 12.7 Å². The van der Waals surface area contributed by atoms with E-state index in [9.17, 15) is 9.59 Å². The molecule has 7 nitrogen and oxygen atoms in total. The highest BCUT2D eigenvalue weighted by molar-refractivity contribution is 7.98. The number of rotatable bonds is 8. The molecule has 2 N–H and O–H groups in total. The van der Waals surface area contributed by atoms with Crippen LogP contribution in [0.5, 0.6) is 11.5 Å². The molecule has 164 valence electrons. The number of anilines is 1. The van der Waals surface area contributed by atoms with Gasteiger partial charge in [-0.3, -0.25) is 9.59 Å². The van der Waals surface area contributed by atoms with Crippen LogP contribution in [0.1, 0.15) is 29.0 Å². The summed E-state index contributed by atoms with van der Waals surface area (Å²) in [5, 5.41) is 3.21. The van der Waals surface area contributed by atoms with Crippen LogP contribution in [0.25, 0.3) is 0 Å². The van der Waals surface area contributed by atoms with E-state index in [1.54, 1.807) is 19.3 Å². The molecule has 2 heterocycles. The van der Waals surface area contributed by atoms with E-state index in [0.717, 1.165) is 5.56 Å². The number of amides is 1. The summed E-state index contributed by atoms with van der Waals surface area (Å²) in [5.41, 5.74) is 1.93. The number of para-hydroxylation sites is 1. The number of benzene rings is 2. The maximum Gasteiger partial charge on any atom is 0.257 e. The number of carbonyl (C=O) groups excluding carboxylic acids is 1. The number of fused-ring (bicyclic) bond motifs is 1. The third-order valence-electron chi connectivity index (χ3n) is 5.10. The molecule has 0 radical (unpaired) electrons. The zero-order valence-corrected chi connectivity index (χ0v) is 18.4. The maximum absolute atomic E-state index is 13.1. The largest absolute Gasteiger partial charge is 0.493 e. The van der Waals surface area contributed by atoms with Crippen molar-refractivity contribution in [3.05, 3.63) is 88.2 Å². The first-order valence-electron chi connectivity index (χ1n) is 10.1. The van der Waals surface area contributed by atoms with Gasteiger partial charge < -0.3 is 19.8 Å². The number of hydrogen-bond donors (Lipinski definition) is 2. The predicted octanol–water partition coefficient (Wildman–Crippen LogP) is 4.11. The third-order valence-corrected chi connectivity index (χ3v) is 6.04. The molecule has 1 aliphatic rings. The number of H-pyrrole nitrogens is 1. The quantitative estimate of drug-likeness (QED) is 0.305. The monoisotopic (exact) mass is 449 g/mol. The van der Waals surface area contributed by atoms with Gasteiger partial charge in [-0.25, -0.2) is 4.98 Å². The average Bonchev–Trinajstić information content (AvgIpc) is 2.81. The molecule has 1 unspecified atom stereocenters. The van der Waals surface area contributed by atoms with Crippen LogP contribution in [0.2, 0.25) is 0 Å². The summed E-state index contributed by atoms with van der Waals surface area (Å²) < 4.78 is 11.3. The Morgan fingerprint density at radius 1 is 1.19 bits per heavy atom. The van der Waals surface area contributed by atoms with E-state index in [1.165, 1.54) is 11.8 Å². The summed E-state index contributed by atoms with van der Waals surface area (Å²) in [5.74, 6) is 1.21. The molecule has 2 aromatic carbocycles. The van der Waals surface area contributed by atoms with Crippen molar-refractivity contribution >= 4 is 23.5 Å². The minimum atomic E-state index is -0.516. The SMILES string of the molecule is C=CCOc1c(OC)cccc1C1CC(=O)Nc2nc(SCc3ccccc3)[nH]c(=O)c21. The first-order chi connectivity index (χ1) is 15.6. The fourth-order valence-electron chi connectivity index (χ4n) is 3.68. The molecule has 0 saturated carbocycles. The molecule has 1 aromatic heterocycles. The second kappa shape index (κ2) is 9.74. The Kier molecular flexibility index (Phi) is 6.61. The van der Waals surface area contributed by atoms with Gasteiger partial charge in [0.15, 0.2) is 16.7 Å². The smallest absolute Gasteiger partial charge is 0.257 e. The van der Waals surface area contributed by atoms with Gasteiger partial charge in [0.2, 0.25) is 5.91 Å². The second-order valence-corrected chi connectivity index (χ2v) is 8.15. The summed E-state index contributed by atoms with van der Waals surface area (Å²) in [6.45, 7) is 3.95. The zero-order valence-electron chi connectivity index (χ0n) is 17.6. The van der Waals surface area contributed by atoms with Crippen LogP contribution < -0.4 is 20.3 Å². The van der Waals surface area contributed by atoms with Crippen LogP contribution in [0.3, 0.4) is 0 Å². The second-order valence-electron chi connectivity index (χ2n) is 7.19. The summed E-state index contributed by atoms with van der Waals surface area (Å²) in [4.78, 5) is 33.1. The first kappa shape index (κ1) is 21.7. The van der Waals surface area contributed by atoms with Gasteiger partial charge in [0.1, 0.15) is 12.4 Å². The number of carbonyl (C=O) groups is 1. The van der Waals surface area contributed by atoms with Crippen molar-refractivity contribution in [2.24, 2.45) is 0 Å². The maximum atomic E-state index is 13.1. The van der Waals surface area contributed by atoms with Gasteiger partial charge in [0, 0.05) is 23.7 Å². The normalized spacial score (nSPS) is 14.9. The van der Waals surface area contributed by atoms with Crippen LogP contribution in [-0.4, -0.2) is 29.6 Å². The van der Waals surface area contributed by atoms with Crippen LogP contribution in [-0.2, 0) is 10.5 Å². The highest BCUT2D eigenvalue weighted by Gasteiger charge is 2.33. The predicted molar refractivity (Wildman–Crippen MR) is 125 cm³/mol. The Morgan fingerprint density at radius 3 is 2.75 bits per heavy atom. The number of aromatic nitrogens is 2. The number of nitrogens with zero attached hydrogens (tertiary/aromatic N) is 1. The molecule has 0 aliphatic carbocycles. The standard InChI is InChI=1S/C24H23N3O4S/c1-3-12-31-21-16(10-7-11-18(21)30-2)17-13-19(28)25-22-20(17)23(29)27-24(26-22)32-14-15-8-5-4-6-9-15/h3-11,17H,1,12-14H2,2H3,(H2,25,26,27,28,29). The lowest BCUT2D eigenvalue weighted by molar-refractivity contribution is -0.116. The molecule has 8 heteroatoms. The third kappa shape index (κ3) is 4.55. The van der Waals surface area contributed by atoms with E-state index >= 15 is 0 Å². The van der Waals surface area contributed by atoms with Gasteiger partial charge in [-0.2, -0.15) is 0 Å². The van der Waals surface area contributed by atoms with Crippen molar-refractivity contribution in [1.29, 1.82) is 0 Å². The average molecular weight is 450 g/mol. The van der Waals surface area contributed by atoms with E-state index in [2.05, 4.69) is 21.9 Å². The van der Waals surface area contributed by atoms with Crippen molar-refractivity contribution in [2.75, 3.05) is 19.0 Å². The molecule has 0 bridgehead atoms. The number of ether oxygens (including phenoxy) is 2. The zero-order chi connectivity index (χ0) is 22.5. The Hall–Kier alpha value is -3.52. The van der Waals surface area contributed by atoms with Crippen LogP contribution >= 0.6 is 11.8 Å². The fraction of sp³-hybridized carbons (Fsp3) is 0.208. The van der Waals surface area contributed by atoms with E-state index in [0.29, 0.717) is 33.5 Å². The van der Waals surface area contributed by atoms with E-state index in [1.807, 2.05) is 42.5 Å². The Balaban J connectivity index is 1.72. The molecule has 0 saturated heterocycles. The summed E-state index contributed by atoms with van der Waals surface area (Å²) in [7, 11) is 1.55. The molecule has 1 amide bonds. The first-order valence-corrected chi connectivity index (χ1v) is 11.1. The highest BCUT2D eigenvalue weighted by atomic mass is 32.2. The summed E-state index contributed by atoms with van der Waals surface area (Å²) in [6, 6.07) is 15.3. The molecule has 4 rings (SSSR count). The van der Waals surface area contributed by atoms with Crippen molar-refractivity contribution in [1.82, 2.24) is 9.97 Å². The Bertz CT molecular complexity index is 1190. The van der Waals surface area contributed by atoms with E-state index in [4.69, 9.17) is 9.47 Å². The van der Waals surface area contributed by atoms with Crippen molar-refractivity contribution in [2.45, 2.75) is 23.2 Å². The van der Waals surface area contributed by atoms with Crippen molar-refractivity contribution in [3.63, 3.8) is 0 Å². The van der Waals surface area contributed by atoms with Crippen molar-refractivity contribution in [3.8, 4) is 11.5 Å². The van der Waals surface area contributed by atoms with Crippen molar-refractivity contribution < 1.29 is 14.3 Å². The Labute approximate surface area is 189 Å². The molecule has 1 aliphatic heterocycles.